The van der Waals surface area contributed by atoms with E-state index in [1.165, 1.54) is 14.1 Å². The molecule has 0 saturated carbocycles. The summed E-state index contributed by atoms with van der Waals surface area (Å²) in [7, 11) is -0.918. The third-order valence-corrected chi connectivity index (χ3v) is 8.22. The van der Waals surface area contributed by atoms with Crippen molar-refractivity contribution in [3.63, 3.8) is 0 Å². The first-order valence-corrected chi connectivity index (χ1v) is 12.5. The minimum Gasteiger partial charge on any atom is -0.302 e. The highest BCUT2D eigenvalue weighted by atomic mass is 32.2. The number of aryl methyl sites for hydroxylation is 2. The highest BCUT2D eigenvalue weighted by Crippen LogP contribution is 2.17. The Morgan fingerprint density at radius 2 is 1.07 bits per heavy atom. The van der Waals surface area contributed by atoms with Gasteiger partial charge in [-0.3, -0.25) is 8.37 Å². The molecule has 30 heavy (non-hydrogen) atoms. The molecule has 9 heteroatoms. The molecular formula is C21H31N3O4S2. The van der Waals surface area contributed by atoms with Gasteiger partial charge in [-0.05, 0) is 45.2 Å². The van der Waals surface area contributed by atoms with Crippen LogP contribution in [0.25, 0.3) is 0 Å². The predicted molar refractivity (Wildman–Crippen MR) is 121 cm³/mol. The number of likely N-dealkylation sites (N-methyl/N-ethyl adjacent to an activating group) is 1. The summed E-state index contributed by atoms with van der Waals surface area (Å²) in [6.45, 7) is 5.47. The Bertz CT molecular complexity index is 965. The Balaban J connectivity index is 1.85. The van der Waals surface area contributed by atoms with Crippen LogP contribution in [0.1, 0.15) is 11.1 Å². The minimum absolute atomic E-state index is 0.242. The second-order valence-corrected chi connectivity index (χ2v) is 10.9. The molecule has 7 nitrogen and oxygen atoms in total. The van der Waals surface area contributed by atoms with Gasteiger partial charge in [-0.25, -0.2) is 17.1 Å². The molecule has 0 bridgehead atoms. The van der Waals surface area contributed by atoms with E-state index in [4.69, 9.17) is 8.37 Å². The van der Waals surface area contributed by atoms with Crippen LogP contribution in [0.5, 0.6) is 0 Å². The van der Waals surface area contributed by atoms with E-state index in [9.17, 15) is 8.42 Å². The van der Waals surface area contributed by atoms with Crippen LogP contribution in [0.2, 0.25) is 0 Å². The Morgan fingerprint density at radius 3 is 1.37 bits per heavy atom. The van der Waals surface area contributed by atoms with Gasteiger partial charge in [0.05, 0.1) is 23.0 Å². The van der Waals surface area contributed by atoms with Crippen LogP contribution in [-0.2, 0) is 28.4 Å². The molecule has 0 amide bonds. The van der Waals surface area contributed by atoms with E-state index in [1.807, 2.05) is 50.1 Å². The predicted octanol–water partition coefficient (Wildman–Crippen LogP) is 3.71. The van der Waals surface area contributed by atoms with Crippen LogP contribution in [0.4, 0.5) is 0 Å². The van der Waals surface area contributed by atoms with Gasteiger partial charge in [0.25, 0.3) is 0 Å². The zero-order valence-corrected chi connectivity index (χ0v) is 19.9. The van der Waals surface area contributed by atoms with Crippen LogP contribution < -0.4 is 0 Å². The maximum atomic E-state index is 12.9. The zero-order valence-electron chi connectivity index (χ0n) is 18.2. The number of rotatable bonds is 10. The normalized spacial score (nSPS) is 15.4. The molecule has 0 aromatic heterocycles. The van der Waals surface area contributed by atoms with E-state index in [0.717, 1.165) is 11.1 Å². The van der Waals surface area contributed by atoms with E-state index in [1.54, 1.807) is 24.3 Å². The van der Waals surface area contributed by atoms with Crippen LogP contribution in [0.15, 0.2) is 67.0 Å². The summed E-state index contributed by atoms with van der Waals surface area (Å²) < 4.78 is 45.1. The molecule has 2 atom stereocenters. The Kier molecular flexibility index (Phi) is 8.99. The lowest BCUT2D eigenvalue weighted by atomic mass is 10.2. The molecule has 0 aliphatic carbocycles. The maximum Gasteiger partial charge on any atom is 0.193 e. The van der Waals surface area contributed by atoms with Crippen molar-refractivity contribution in [1.29, 1.82) is 0 Å². The highest BCUT2D eigenvalue weighted by Gasteiger charge is 2.15. The fourth-order valence-electron chi connectivity index (χ4n) is 2.60. The summed E-state index contributed by atoms with van der Waals surface area (Å²) in [6, 6.07) is 14.6. The molecule has 2 rings (SSSR count). The second-order valence-electron chi connectivity index (χ2n) is 6.89. The minimum atomic E-state index is -2.90. The lowest BCUT2D eigenvalue weighted by Gasteiger charge is -2.18. The molecule has 2 aromatic rings. The third-order valence-electron chi connectivity index (χ3n) is 4.55. The van der Waals surface area contributed by atoms with Crippen molar-refractivity contribution in [1.82, 2.24) is 4.90 Å². The molecule has 0 radical (unpaired) electrons. The number of nitrogens with zero attached hydrogens (tertiary/aromatic N) is 3. The summed E-state index contributed by atoms with van der Waals surface area (Å²) in [5.41, 5.74) is 2.16. The summed E-state index contributed by atoms with van der Waals surface area (Å²) >= 11 is 0. The number of hydrogen-bond acceptors (Lipinski definition) is 7. The summed E-state index contributed by atoms with van der Waals surface area (Å²) in [5, 5.41) is 0. The van der Waals surface area contributed by atoms with Gasteiger partial charge in [-0.2, -0.15) is 0 Å². The smallest absolute Gasteiger partial charge is 0.193 e. The van der Waals surface area contributed by atoms with Crippen molar-refractivity contribution in [3.8, 4) is 0 Å². The van der Waals surface area contributed by atoms with Crippen LogP contribution in [0, 0.1) is 13.8 Å². The fourth-order valence-corrected chi connectivity index (χ4v) is 5.06. The standard InChI is InChI=1S/C21H31N3O4S2/c1-18-6-10-20(11-7-18)29(25,22-3)27-16-14-24(5)15-17-28-30(26,23-4)21-12-8-19(2)9-13-21/h6-13H,14-17H2,1-5H3/t29-,30-/m1/s1. The van der Waals surface area contributed by atoms with Crippen molar-refractivity contribution >= 4 is 20.0 Å². The lowest BCUT2D eigenvalue weighted by molar-refractivity contribution is 0.214. The lowest BCUT2D eigenvalue weighted by Crippen LogP contribution is -2.28. The van der Waals surface area contributed by atoms with Gasteiger partial charge in [0.1, 0.15) is 0 Å². The van der Waals surface area contributed by atoms with Crippen molar-refractivity contribution in [3.05, 3.63) is 59.7 Å². The van der Waals surface area contributed by atoms with E-state index in [0.29, 0.717) is 22.9 Å². The van der Waals surface area contributed by atoms with Crippen molar-refractivity contribution in [2.75, 3.05) is 47.4 Å². The molecule has 166 valence electrons. The highest BCUT2D eigenvalue weighted by molar-refractivity contribution is 7.89. The first-order valence-electron chi connectivity index (χ1n) is 9.63. The first kappa shape index (κ1) is 24.5. The van der Waals surface area contributed by atoms with Crippen LogP contribution in [0.3, 0.4) is 0 Å². The van der Waals surface area contributed by atoms with Crippen molar-refractivity contribution in [2.24, 2.45) is 8.73 Å². The summed E-state index contributed by atoms with van der Waals surface area (Å²) in [5.74, 6) is 0. The molecule has 0 aliphatic rings. The summed E-state index contributed by atoms with van der Waals surface area (Å²) in [6.07, 6.45) is 0. The third kappa shape index (κ3) is 6.61. The summed E-state index contributed by atoms with van der Waals surface area (Å²) in [4.78, 5) is 3.07. The van der Waals surface area contributed by atoms with Crippen molar-refractivity contribution < 1.29 is 16.8 Å². The van der Waals surface area contributed by atoms with Crippen LogP contribution >= 0.6 is 0 Å². The zero-order chi connectivity index (χ0) is 22.2. The first-order chi connectivity index (χ1) is 14.2. The monoisotopic (exact) mass is 453 g/mol. The molecule has 0 fully saturated rings. The molecule has 0 N–H and O–H groups in total. The van der Waals surface area contributed by atoms with Gasteiger partial charge in [0.15, 0.2) is 20.0 Å². The van der Waals surface area contributed by atoms with Crippen LogP contribution in [-0.4, -0.2) is 60.8 Å². The molecule has 0 spiro atoms. The Labute approximate surface area is 181 Å². The molecular weight excluding hydrogens is 422 g/mol. The number of benzene rings is 2. The Hall–Kier alpha value is -1.78. The van der Waals surface area contributed by atoms with Gasteiger partial charge < -0.3 is 4.90 Å². The van der Waals surface area contributed by atoms with Crippen molar-refractivity contribution in [2.45, 2.75) is 23.6 Å². The van der Waals surface area contributed by atoms with E-state index in [2.05, 4.69) is 8.73 Å². The molecule has 0 heterocycles. The van der Waals surface area contributed by atoms with Gasteiger partial charge in [-0.15, -0.1) is 0 Å². The largest absolute Gasteiger partial charge is 0.302 e. The van der Waals surface area contributed by atoms with E-state index in [-0.39, 0.29) is 13.2 Å². The maximum absolute atomic E-state index is 12.9. The molecule has 0 unspecified atom stereocenters. The second kappa shape index (κ2) is 11.0. The average Bonchev–Trinajstić information content (AvgIpc) is 2.74. The SMILES string of the molecule is CN=[S@](=O)(OCCN(C)CCO[S@@](=O)(=NC)c1ccc(C)cc1)c1ccc(C)cc1. The number of hydrogen-bond donors (Lipinski definition) is 0. The molecule has 0 saturated heterocycles. The van der Waals surface area contributed by atoms with E-state index >= 15 is 0 Å². The average molecular weight is 454 g/mol. The van der Waals surface area contributed by atoms with Gasteiger partial charge >= 0.3 is 0 Å². The molecule has 2 aromatic carbocycles. The van der Waals surface area contributed by atoms with Gasteiger partial charge in [0, 0.05) is 27.2 Å². The van der Waals surface area contributed by atoms with Gasteiger partial charge in [0.2, 0.25) is 0 Å². The van der Waals surface area contributed by atoms with Gasteiger partial charge in [-0.1, -0.05) is 35.4 Å². The Morgan fingerprint density at radius 1 is 0.733 bits per heavy atom. The fraction of sp³-hybridized carbons (Fsp3) is 0.429. The quantitative estimate of drug-likeness (QED) is 0.548. The topological polar surface area (TPSA) is 80.6 Å². The van der Waals surface area contributed by atoms with E-state index < -0.39 is 20.0 Å². The molecule has 0 aliphatic heterocycles.